The summed E-state index contributed by atoms with van der Waals surface area (Å²) in [5.41, 5.74) is 5.00. The topological polar surface area (TPSA) is 108 Å². The molecule has 8 nitrogen and oxygen atoms in total. The van der Waals surface area contributed by atoms with Crippen molar-refractivity contribution >= 4 is 18.0 Å². The molecule has 3 aromatic rings. The second-order valence-electron chi connectivity index (χ2n) is 11.7. The number of benzene rings is 3. The van der Waals surface area contributed by atoms with Crippen molar-refractivity contribution in [2.75, 3.05) is 19.7 Å². The standard InChI is InChI=1S/C34H39N3O5/c1-23(32(39)40)24(2)35-31(38)20-34(16-18-37(19-17-34)21-25-10-4-3-5-11-25)36-33(41)42-22-30-28-14-8-6-12-26(28)27-13-7-9-15-29(27)30/h3-15,23-24,30H,16-22H2,1-2H3,(H,35,38)(H,36,41)(H,39,40). The maximum Gasteiger partial charge on any atom is 0.407 e. The fourth-order valence-electron chi connectivity index (χ4n) is 6.13. The minimum absolute atomic E-state index is 0.0487. The summed E-state index contributed by atoms with van der Waals surface area (Å²) < 4.78 is 5.85. The second-order valence-corrected chi connectivity index (χ2v) is 11.7. The lowest BCUT2D eigenvalue weighted by Crippen LogP contribution is -2.57. The Morgan fingerprint density at radius 1 is 0.905 bits per heavy atom. The Hall–Kier alpha value is -4.17. The van der Waals surface area contributed by atoms with Gasteiger partial charge in [0.05, 0.1) is 11.5 Å². The average Bonchev–Trinajstić information content (AvgIpc) is 3.31. The number of nitrogens with zero attached hydrogens (tertiary/aromatic N) is 1. The van der Waals surface area contributed by atoms with Gasteiger partial charge in [0.2, 0.25) is 5.91 Å². The SMILES string of the molecule is CC(NC(=O)CC1(NC(=O)OCC2c3ccccc3-c3ccccc32)CCN(Cc2ccccc2)CC1)C(C)C(=O)O. The quantitative estimate of drug-likeness (QED) is 0.311. The lowest BCUT2D eigenvalue weighted by Gasteiger charge is -2.42. The number of piperidine rings is 1. The molecule has 0 bridgehead atoms. The molecule has 1 saturated heterocycles. The highest BCUT2D eigenvalue weighted by molar-refractivity contribution is 5.81. The minimum atomic E-state index is -0.969. The number of alkyl carbamates (subject to hydrolysis) is 1. The maximum atomic E-state index is 13.3. The Bertz CT molecular complexity index is 1370. The molecule has 1 heterocycles. The van der Waals surface area contributed by atoms with Gasteiger partial charge in [0.15, 0.2) is 0 Å². The van der Waals surface area contributed by atoms with E-state index in [1.807, 2.05) is 42.5 Å². The predicted octanol–water partition coefficient (Wildman–Crippen LogP) is 5.18. The van der Waals surface area contributed by atoms with Crippen molar-refractivity contribution in [1.82, 2.24) is 15.5 Å². The highest BCUT2D eigenvalue weighted by Crippen LogP contribution is 2.44. The molecule has 42 heavy (non-hydrogen) atoms. The minimum Gasteiger partial charge on any atom is -0.481 e. The molecule has 220 valence electrons. The molecule has 2 aliphatic rings. The zero-order valence-corrected chi connectivity index (χ0v) is 24.2. The molecule has 0 spiro atoms. The summed E-state index contributed by atoms with van der Waals surface area (Å²) in [6, 6.07) is 26.1. The van der Waals surface area contributed by atoms with Gasteiger partial charge >= 0.3 is 12.1 Å². The van der Waals surface area contributed by atoms with E-state index in [4.69, 9.17) is 4.74 Å². The van der Waals surface area contributed by atoms with Gasteiger partial charge in [-0.05, 0) is 54.5 Å². The van der Waals surface area contributed by atoms with Crippen molar-refractivity contribution in [3.8, 4) is 11.1 Å². The fourth-order valence-corrected chi connectivity index (χ4v) is 6.13. The van der Waals surface area contributed by atoms with E-state index in [0.717, 1.165) is 28.8 Å². The normalized spacial score (nSPS) is 17.4. The number of carboxylic acid groups (broad SMARTS) is 1. The number of fused-ring (bicyclic) bond motifs is 3. The third-order valence-electron chi connectivity index (χ3n) is 8.80. The Morgan fingerprint density at radius 3 is 2.07 bits per heavy atom. The first kappa shape index (κ1) is 29.3. The first-order valence-corrected chi connectivity index (χ1v) is 14.7. The number of hydrogen-bond acceptors (Lipinski definition) is 5. The summed E-state index contributed by atoms with van der Waals surface area (Å²) in [7, 11) is 0. The summed E-state index contributed by atoms with van der Waals surface area (Å²) in [4.78, 5) is 40.2. The van der Waals surface area contributed by atoms with Crippen molar-refractivity contribution in [2.45, 2.75) is 57.2 Å². The van der Waals surface area contributed by atoms with Gasteiger partial charge in [-0.3, -0.25) is 14.5 Å². The van der Waals surface area contributed by atoms with Gasteiger partial charge in [0.1, 0.15) is 6.61 Å². The van der Waals surface area contributed by atoms with Crippen LogP contribution < -0.4 is 10.6 Å². The Balaban J connectivity index is 1.26. The Morgan fingerprint density at radius 2 is 1.48 bits per heavy atom. The highest BCUT2D eigenvalue weighted by Gasteiger charge is 2.39. The van der Waals surface area contributed by atoms with E-state index < -0.39 is 29.6 Å². The molecule has 3 aromatic carbocycles. The number of likely N-dealkylation sites (tertiary alicyclic amines) is 1. The molecule has 2 unspecified atom stereocenters. The summed E-state index contributed by atoms with van der Waals surface area (Å²) >= 11 is 0. The molecular weight excluding hydrogens is 530 g/mol. The molecule has 1 fully saturated rings. The number of ether oxygens (including phenoxy) is 1. The third kappa shape index (κ3) is 6.65. The van der Waals surface area contributed by atoms with E-state index in [1.165, 1.54) is 5.56 Å². The van der Waals surface area contributed by atoms with Crippen LogP contribution in [0.15, 0.2) is 78.9 Å². The van der Waals surface area contributed by atoms with E-state index >= 15 is 0 Å². The number of aliphatic carboxylic acids is 1. The summed E-state index contributed by atoms with van der Waals surface area (Å²) in [5.74, 6) is -2.05. The smallest absolute Gasteiger partial charge is 0.407 e. The van der Waals surface area contributed by atoms with Crippen molar-refractivity contribution in [3.63, 3.8) is 0 Å². The van der Waals surface area contributed by atoms with E-state index in [-0.39, 0.29) is 24.9 Å². The predicted molar refractivity (Wildman–Crippen MR) is 161 cm³/mol. The van der Waals surface area contributed by atoms with Crippen LogP contribution in [0.5, 0.6) is 0 Å². The molecule has 2 amide bonds. The third-order valence-corrected chi connectivity index (χ3v) is 8.80. The number of rotatable bonds is 10. The summed E-state index contributed by atoms with van der Waals surface area (Å²) in [6.07, 6.45) is 0.640. The molecule has 2 atom stereocenters. The molecular formula is C34H39N3O5. The van der Waals surface area contributed by atoms with Gasteiger partial charge in [-0.2, -0.15) is 0 Å². The molecule has 1 aliphatic carbocycles. The highest BCUT2D eigenvalue weighted by atomic mass is 16.5. The lowest BCUT2D eigenvalue weighted by molar-refractivity contribution is -0.142. The molecule has 5 rings (SSSR count). The number of hydrogen-bond donors (Lipinski definition) is 3. The molecule has 8 heteroatoms. The molecule has 3 N–H and O–H groups in total. The molecule has 0 radical (unpaired) electrons. The number of amides is 2. The van der Waals surface area contributed by atoms with Crippen LogP contribution in [-0.2, 0) is 20.9 Å². The van der Waals surface area contributed by atoms with Gasteiger partial charge < -0.3 is 20.5 Å². The van der Waals surface area contributed by atoms with Crippen LogP contribution in [0.4, 0.5) is 4.79 Å². The van der Waals surface area contributed by atoms with Gasteiger partial charge in [0, 0.05) is 38.0 Å². The fraction of sp³-hybridized carbons (Fsp3) is 0.382. The van der Waals surface area contributed by atoms with Crippen LogP contribution in [0.1, 0.15) is 55.7 Å². The summed E-state index contributed by atoms with van der Waals surface area (Å²) in [5, 5.41) is 15.3. The molecule has 0 saturated carbocycles. The van der Waals surface area contributed by atoms with Crippen LogP contribution in [-0.4, -0.2) is 59.3 Å². The van der Waals surface area contributed by atoms with E-state index in [2.05, 4.69) is 51.9 Å². The summed E-state index contributed by atoms with van der Waals surface area (Å²) in [6.45, 7) is 5.64. The molecule has 0 aromatic heterocycles. The number of carbonyl (C=O) groups is 3. The van der Waals surface area contributed by atoms with Crippen LogP contribution >= 0.6 is 0 Å². The Labute approximate surface area is 247 Å². The largest absolute Gasteiger partial charge is 0.481 e. The van der Waals surface area contributed by atoms with Gasteiger partial charge in [0.25, 0.3) is 0 Å². The van der Waals surface area contributed by atoms with Crippen molar-refractivity contribution < 1.29 is 24.2 Å². The maximum absolute atomic E-state index is 13.3. The van der Waals surface area contributed by atoms with Crippen molar-refractivity contribution in [2.24, 2.45) is 5.92 Å². The van der Waals surface area contributed by atoms with Crippen LogP contribution in [0.25, 0.3) is 11.1 Å². The molecule has 1 aliphatic heterocycles. The van der Waals surface area contributed by atoms with E-state index in [9.17, 15) is 19.5 Å². The van der Waals surface area contributed by atoms with Crippen molar-refractivity contribution in [3.05, 3.63) is 95.6 Å². The first-order valence-electron chi connectivity index (χ1n) is 14.7. The second kappa shape index (κ2) is 12.8. The van der Waals surface area contributed by atoms with E-state index in [1.54, 1.807) is 13.8 Å². The number of nitrogens with one attached hydrogen (secondary N) is 2. The zero-order chi connectivity index (χ0) is 29.7. The van der Waals surface area contributed by atoms with Crippen LogP contribution in [0.3, 0.4) is 0 Å². The van der Waals surface area contributed by atoms with Gasteiger partial charge in [-0.1, -0.05) is 78.9 Å². The lowest BCUT2D eigenvalue weighted by atomic mass is 9.83. The van der Waals surface area contributed by atoms with Crippen LogP contribution in [0.2, 0.25) is 0 Å². The number of carbonyl (C=O) groups excluding carboxylic acids is 2. The van der Waals surface area contributed by atoms with E-state index in [0.29, 0.717) is 25.9 Å². The monoisotopic (exact) mass is 569 g/mol. The van der Waals surface area contributed by atoms with Crippen molar-refractivity contribution in [1.29, 1.82) is 0 Å². The first-order chi connectivity index (χ1) is 20.2. The average molecular weight is 570 g/mol. The van der Waals surface area contributed by atoms with Crippen LogP contribution in [0, 0.1) is 5.92 Å². The Kier molecular flexibility index (Phi) is 8.92. The zero-order valence-electron chi connectivity index (χ0n) is 24.2. The van der Waals surface area contributed by atoms with Gasteiger partial charge in [-0.25, -0.2) is 4.79 Å². The number of carboxylic acids is 1. The van der Waals surface area contributed by atoms with Gasteiger partial charge in [-0.15, -0.1) is 0 Å².